The van der Waals surface area contributed by atoms with E-state index in [1.807, 2.05) is 0 Å². The van der Waals surface area contributed by atoms with Crippen molar-refractivity contribution in [3.8, 4) is 5.75 Å². The second kappa shape index (κ2) is 6.62. The fraction of sp³-hybridized carbons (Fsp3) is 0.125. The molecule has 0 aliphatic heterocycles. The van der Waals surface area contributed by atoms with E-state index in [9.17, 15) is 18.0 Å². The number of Topliss-reactive ketones (excluding diaryl/α,β-unsaturated/α-hetero) is 1. The molecule has 120 valence electrons. The van der Waals surface area contributed by atoms with Crippen LogP contribution in [0.4, 0.5) is 0 Å². The van der Waals surface area contributed by atoms with Crippen LogP contribution in [0, 0.1) is 0 Å². The molecule has 0 aliphatic rings. The van der Waals surface area contributed by atoms with Crippen LogP contribution >= 0.6 is 0 Å². The van der Waals surface area contributed by atoms with Crippen molar-refractivity contribution >= 4 is 21.9 Å². The number of hydrogen-bond acceptors (Lipinski definition) is 6. The van der Waals surface area contributed by atoms with Gasteiger partial charge in [0.05, 0.1) is 12.7 Å². The molecule has 0 aromatic heterocycles. The number of ketones is 1. The third-order valence-corrected chi connectivity index (χ3v) is 4.25. The summed E-state index contributed by atoms with van der Waals surface area (Å²) in [5.74, 6) is -0.712. The van der Waals surface area contributed by atoms with Gasteiger partial charge in [-0.3, -0.25) is 4.79 Å². The number of rotatable bonds is 5. The molecule has 0 aliphatic carbocycles. The lowest BCUT2D eigenvalue weighted by molar-refractivity contribution is 0.0600. The van der Waals surface area contributed by atoms with Gasteiger partial charge >= 0.3 is 16.1 Å². The van der Waals surface area contributed by atoms with E-state index >= 15 is 0 Å². The minimum absolute atomic E-state index is 0.0680. The molecule has 0 heterocycles. The molecule has 7 heteroatoms. The van der Waals surface area contributed by atoms with E-state index in [0.29, 0.717) is 5.56 Å². The summed E-state index contributed by atoms with van der Waals surface area (Å²) in [5.41, 5.74) is 0.548. The minimum Gasteiger partial charge on any atom is -0.465 e. The lowest BCUT2D eigenvalue weighted by Gasteiger charge is -2.08. The van der Waals surface area contributed by atoms with E-state index < -0.39 is 16.1 Å². The molecule has 0 saturated heterocycles. The number of methoxy groups -OCH3 is 1. The molecule has 0 bridgehead atoms. The molecule has 2 rings (SSSR count). The predicted molar refractivity (Wildman–Crippen MR) is 82.0 cm³/mol. The molecule has 0 atom stereocenters. The Kier molecular flexibility index (Phi) is 4.80. The number of carbonyl (C=O) groups is 2. The van der Waals surface area contributed by atoms with Crippen molar-refractivity contribution in [1.82, 2.24) is 0 Å². The highest BCUT2D eigenvalue weighted by molar-refractivity contribution is 7.87. The highest BCUT2D eigenvalue weighted by Gasteiger charge is 2.19. The van der Waals surface area contributed by atoms with E-state index in [2.05, 4.69) is 4.74 Å². The Balaban J connectivity index is 2.28. The highest BCUT2D eigenvalue weighted by Crippen LogP contribution is 2.20. The Hall–Kier alpha value is -2.67. The van der Waals surface area contributed by atoms with Crippen LogP contribution in [0.25, 0.3) is 0 Å². The fourth-order valence-corrected chi connectivity index (χ4v) is 2.79. The van der Waals surface area contributed by atoms with Crippen molar-refractivity contribution in [2.24, 2.45) is 0 Å². The molecular weight excluding hydrogens is 320 g/mol. The zero-order valence-electron chi connectivity index (χ0n) is 12.5. The second-order valence-electron chi connectivity index (χ2n) is 4.64. The van der Waals surface area contributed by atoms with Gasteiger partial charge in [0.2, 0.25) is 0 Å². The van der Waals surface area contributed by atoms with Gasteiger partial charge in [-0.15, -0.1) is 0 Å². The maximum Gasteiger partial charge on any atom is 0.339 e. The Bertz CT molecular complexity index is 837. The van der Waals surface area contributed by atoms with E-state index in [-0.39, 0.29) is 22.0 Å². The van der Waals surface area contributed by atoms with E-state index in [1.54, 1.807) is 0 Å². The highest BCUT2D eigenvalue weighted by atomic mass is 32.2. The van der Waals surface area contributed by atoms with Gasteiger partial charge in [0.1, 0.15) is 10.6 Å². The lowest BCUT2D eigenvalue weighted by Crippen LogP contribution is -2.11. The monoisotopic (exact) mass is 334 g/mol. The van der Waals surface area contributed by atoms with Crippen molar-refractivity contribution in [3.05, 3.63) is 59.7 Å². The quantitative estimate of drug-likeness (QED) is 0.474. The zero-order chi connectivity index (χ0) is 17.0. The number of benzene rings is 2. The summed E-state index contributed by atoms with van der Waals surface area (Å²) >= 11 is 0. The standard InChI is InChI=1S/C16H14O6S/c1-11(17)12-6-8-14(9-7-12)22-23(19,20)15-5-3-4-13(10-15)16(18)21-2/h3-10H,1-2H3. The van der Waals surface area contributed by atoms with E-state index in [0.717, 1.165) is 0 Å². The molecule has 0 spiro atoms. The largest absolute Gasteiger partial charge is 0.465 e. The molecule has 0 unspecified atom stereocenters. The summed E-state index contributed by atoms with van der Waals surface area (Å²) in [7, 11) is -2.90. The molecule has 6 nitrogen and oxygen atoms in total. The predicted octanol–water partition coefficient (Wildman–Crippen LogP) is 2.44. The second-order valence-corrected chi connectivity index (χ2v) is 6.18. The molecule has 23 heavy (non-hydrogen) atoms. The Morgan fingerprint density at radius 3 is 2.17 bits per heavy atom. The van der Waals surface area contributed by atoms with Crippen LogP contribution in [0.15, 0.2) is 53.4 Å². The normalized spacial score (nSPS) is 10.9. The minimum atomic E-state index is -4.10. The third kappa shape index (κ3) is 3.95. The van der Waals surface area contributed by atoms with Crippen LogP contribution in [0.2, 0.25) is 0 Å². The first-order chi connectivity index (χ1) is 10.8. The van der Waals surface area contributed by atoms with Crippen molar-refractivity contribution < 1.29 is 26.9 Å². The first kappa shape index (κ1) is 16.7. The van der Waals surface area contributed by atoms with Gasteiger partial charge in [0, 0.05) is 5.56 Å². The SMILES string of the molecule is COC(=O)c1cccc(S(=O)(=O)Oc2ccc(C(C)=O)cc2)c1. The van der Waals surface area contributed by atoms with Gasteiger partial charge in [-0.1, -0.05) is 6.07 Å². The average molecular weight is 334 g/mol. The van der Waals surface area contributed by atoms with E-state index in [1.165, 1.54) is 62.6 Å². The molecule has 0 N–H and O–H groups in total. The van der Waals surface area contributed by atoms with Gasteiger partial charge in [-0.25, -0.2) is 4.79 Å². The Morgan fingerprint density at radius 1 is 0.957 bits per heavy atom. The lowest BCUT2D eigenvalue weighted by atomic mass is 10.1. The van der Waals surface area contributed by atoms with Crippen molar-refractivity contribution in [2.45, 2.75) is 11.8 Å². The van der Waals surface area contributed by atoms with Crippen LogP contribution in [-0.4, -0.2) is 27.3 Å². The van der Waals surface area contributed by atoms with Crippen molar-refractivity contribution in [2.75, 3.05) is 7.11 Å². The maximum atomic E-state index is 12.2. The smallest absolute Gasteiger partial charge is 0.339 e. The van der Waals surface area contributed by atoms with Crippen LogP contribution < -0.4 is 4.18 Å². The molecule has 0 fully saturated rings. The van der Waals surface area contributed by atoms with Crippen LogP contribution in [0.1, 0.15) is 27.6 Å². The van der Waals surface area contributed by atoms with Crippen LogP contribution in [0.5, 0.6) is 5.75 Å². The van der Waals surface area contributed by atoms with Gasteiger partial charge in [0.15, 0.2) is 5.78 Å². The number of hydrogen-bond donors (Lipinski definition) is 0. The molecular formula is C16H14O6S. The van der Waals surface area contributed by atoms with Gasteiger partial charge in [-0.2, -0.15) is 8.42 Å². The average Bonchev–Trinajstić information content (AvgIpc) is 2.54. The Morgan fingerprint density at radius 2 is 1.61 bits per heavy atom. The number of carbonyl (C=O) groups excluding carboxylic acids is 2. The van der Waals surface area contributed by atoms with Crippen LogP contribution in [-0.2, 0) is 14.9 Å². The molecule has 0 saturated carbocycles. The summed E-state index contributed by atoms with van der Waals surface area (Å²) in [6, 6.07) is 11.1. The first-order valence-electron chi connectivity index (χ1n) is 6.57. The molecule has 2 aromatic rings. The summed E-state index contributed by atoms with van der Waals surface area (Å²) in [4.78, 5) is 22.5. The van der Waals surface area contributed by atoms with Gasteiger partial charge in [0.25, 0.3) is 0 Å². The maximum absolute atomic E-state index is 12.2. The summed E-state index contributed by atoms with van der Waals surface area (Å²) in [6.07, 6.45) is 0. The summed E-state index contributed by atoms with van der Waals surface area (Å²) < 4.78 is 34.0. The topological polar surface area (TPSA) is 86.7 Å². The van der Waals surface area contributed by atoms with Crippen molar-refractivity contribution in [1.29, 1.82) is 0 Å². The van der Waals surface area contributed by atoms with Gasteiger partial charge < -0.3 is 8.92 Å². The molecule has 2 aromatic carbocycles. The van der Waals surface area contributed by atoms with Gasteiger partial charge in [-0.05, 0) is 49.4 Å². The Labute approximate surface area is 133 Å². The van der Waals surface area contributed by atoms with E-state index in [4.69, 9.17) is 4.18 Å². The first-order valence-corrected chi connectivity index (χ1v) is 7.98. The summed E-state index contributed by atoms with van der Waals surface area (Å²) in [5, 5.41) is 0. The molecule has 0 radical (unpaired) electrons. The van der Waals surface area contributed by atoms with Crippen LogP contribution in [0.3, 0.4) is 0 Å². The number of esters is 1. The zero-order valence-corrected chi connectivity index (χ0v) is 13.3. The third-order valence-electron chi connectivity index (χ3n) is 3.01. The fourth-order valence-electron chi connectivity index (χ4n) is 1.82. The van der Waals surface area contributed by atoms with Crippen molar-refractivity contribution in [3.63, 3.8) is 0 Å². The number of ether oxygens (including phenoxy) is 1. The molecule has 0 amide bonds. The summed E-state index contributed by atoms with van der Waals surface area (Å²) in [6.45, 7) is 1.41.